The molecule has 0 saturated heterocycles. The number of nitrogens with two attached hydrogens (primary N) is 1. The Morgan fingerprint density at radius 1 is 0.850 bits per heavy atom. The highest BCUT2D eigenvalue weighted by Gasteiger charge is 2.46. The topological polar surface area (TPSA) is 66.6 Å². The minimum Gasteiger partial charge on any atom is -0.281 e. The van der Waals surface area contributed by atoms with Crippen molar-refractivity contribution in [1.82, 2.24) is 5.01 Å². The Bertz CT molecular complexity index is 756. The number of benzene rings is 2. The zero-order valence-electron chi connectivity index (χ0n) is 10.5. The summed E-state index contributed by atoms with van der Waals surface area (Å²) in [7, 11) is 0. The molecule has 2 aromatic rings. The first-order chi connectivity index (χ1) is 9.70. The molecule has 0 fully saturated rings. The van der Waals surface area contributed by atoms with Gasteiger partial charge in [-0.25, -0.2) is 10.9 Å². The summed E-state index contributed by atoms with van der Waals surface area (Å²) in [5.41, 5.74) is 2.43. The standard InChI is InChI=1S/C15H11N3O2/c16-18-13-9-5-1-2-6-10(9)14(19)17(13)12-8-4-3-7-11(12)15(18)20/h1-8,13H,16H2. The van der Waals surface area contributed by atoms with Gasteiger partial charge in [0.1, 0.15) is 0 Å². The van der Waals surface area contributed by atoms with Crippen LogP contribution in [0.1, 0.15) is 32.4 Å². The quantitative estimate of drug-likeness (QED) is 0.582. The number of hydrogen-bond donors (Lipinski definition) is 1. The molecule has 4 rings (SSSR count). The predicted octanol–water partition coefficient (Wildman–Crippen LogP) is 1.68. The first-order valence-corrected chi connectivity index (χ1v) is 6.30. The van der Waals surface area contributed by atoms with E-state index < -0.39 is 6.17 Å². The largest absolute Gasteiger partial charge is 0.281 e. The summed E-state index contributed by atoms with van der Waals surface area (Å²) in [6, 6.07) is 14.3. The third-order valence-electron chi connectivity index (χ3n) is 3.82. The van der Waals surface area contributed by atoms with Crippen molar-refractivity contribution in [2.24, 2.45) is 5.84 Å². The van der Waals surface area contributed by atoms with Crippen molar-refractivity contribution in [3.05, 3.63) is 65.2 Å². The number of hydrazine groups is 1. The van der Waals surface area contributed by atoms with E-state index in [0.29, 0.717) is 16.8 Å². The molecule has 2 aliphatic rings. The average Bonchev–Trinajstić information content (AvgIpc) is 2.79. The van der Waals surface area contributed by atoms with Gasteiger partial charge in [-0.2, -0.15) is 0 Å². The van der Waals surface area contributed by atoms with Crippen LogP contribution in [0.5, 0.6) is 0 Å². The van der Waals surface area contributed by atoms with Crippen LogP contribution in [0.25, 0.3) is 0 Å². The van der Waals surface area contributed by atoms with E-state index in [4.69, 9.17) is 5.84 Å². The number of amides is 2. The van der Waals surface area contributed by atoms with Gasteiger partial charge in [-0.05, 0) is 18.2 Å². The van der Waals surface area contributed by atoms with E-state index in [1.54, 1.807) is 29.2 Å². The molecule has 0 saturated carbocycles. The van der Waals surface area contributed by atoms with Crippen LogP contribution in [0.15, 0.2) is 48.5 Å². The van der Waals surface area contributed by atoms with Gasteiger partial charge < -0.3 is 0 Å². The van der Waals surface area contributed by atoms with Gasteiger partial charge in [-0.15, -0.1) is 0 Å². The number of fused-ring (bicyclic) bond motifs is 5. The summed E-state index contributed by atoms with van der Waals surface area (Å²) in [6.07, 6.45) is -0.555. The third-order valence-corrected chi connectivity index (χ3v) is 3.82. The predicted molar refractivity (Wildman–Crippen MR) is 72.8 cm³/mol. The number of carbonyl (C=O) groups is 2. The molecular weight excluding hydrogens is 254 g/mol. The molecule has 2 N–H and O–H groups in total. The van der Waals surface area contributed by atoms with Gasteiger partial charge >= 0.3 is 0 Å². The maximum Gasteiger partial charge on any atom is 0.272 e. The molecule has 1 atom stereocenters. The van der Waals surface area contributed by atoms with E-state index >= 15 is 0 Å². The lowest BCUT2D eigenvalue weighted by Gasteiger charge is -2.37. The average molecular weight is 265 g/mol. The summed E-state index contributed by atoms with van der Waals surface area (Å²) in [5.74, 6) is 5.55. The third kappa shape index (κ3) is 1.20. The van der Waals surface area contributed by atoms with Crippen molar-refractivity contribution in [3.8, 4) is 0 Å². The number of anilines is 1. The van der Waals surface area contributed by atoms with Crippen LogP contribution in [-0.4, -0.2) is 16.8 Å². The maximum absolute atomic E-state index is 12.6. The van der Waals surface area contributed by atoms with Gasteiger partial charge in [-0.1, -0.05) is 30.3 Å². The zero-order valence-corrected chi connectivity index (χ0v) is 10.5. The highest BCUT2D eigenvalue weighted by molar-refractivity contribution is 6.16. The van der Waals surface area contributed by atoms with Crippen molar-refractivity contribution < 1.29 is 9.59 Å². The lowest BCUT2D eigenvalue weighted by molar-refractivity contribution is 0.0647. The zero-order chi connectivity index (χ0) is 13.9. The molecule has 0 bridgehead atoms. The van der Waals surface area contributed by atoms with E-state index in [2.05, 4.69) is 0 Å². The molecule has 0 spiro atoms. The van der Waals surface area contributed by atoms with E-state index in [1.807, 2.05) is 24.3 Å². The Balaban J connectivity index is 2.01. The Morgan fingerprint density at radius 3 is 2.30 bits per heavy atom. The fraction of sp³-hybridized carbons (Fsp3) is 0.0667. The van der Waals surface area contributed by atoms with Gasteiger partial charge in [0.15, 0.2) is 6.17 Å². The van der Waals surface area contributed by atoms with Crippen LogP contribution in [0.2, 0.25) is 0 Å². The minimum atomic E-state index is -0.555. The molecule has 2 heterocycles. The van der Waals surface area contributed by atoms with Crippen molar-refractivity contribution in [2.45, 2.75) is 6.17 Å². The highest BCUT2D eigenvalue weighted by Crippen LogP contribution is 2.43. The molecule has 98 valence electrons. The molecule has 2 aliphatic heterocycles. The maximum atomic E-state index is 12.6. The fourth-order valence-electron chi connectivity index (χ4n) is 2.93. The van der Waals surface area contributed by atoms with Crippen LogP contribution < -0.4 is 10.7 Å². The van der Waals surface area contributed by atoms with Gasteiger partial charge in [0.2, 0.25) is 0 Å². The van der Waals surface area contributed by atoms with E-state index in [1.165, 1.54) is 0 Å². The number of hydrogen-bond acceptors (Lipinski definition) is 3. The Kier molecular flexibility index (Phi) is 2.06. The van der Waals surface area contributed by atoms with Crippen molar-refractivity contribution in [1.29, 1.82) is 0 Å². The summed E-state index contributed by atoms with van der Waals surface area (Å²) in [6.45, 7) is 0. The number of rotatable bonds is 0. The second-order valence-corrected chi connectivity index (χ2v) is 4.87. The van der Waals surface area contributed by atoms with Gasteiger partial charge in [0, 0.05) is 11.1 Å². The molecule has 2 aromatic carbocycles. The van der Waals surface area contributed by atoms with Crippen LogP contribution >= 0.6 is 0 Å². The number of para-hydroxylation sites is 1. The molecule has 20 heavy (non-hydrogen) atoms. The molecule has 0 aromatic heterocycles. The molecule has 5 nitrogen and oxygen atoms in total. The lowest BCUT2D eigenvalue weighted by Crippen LogP contribution is -2.51. The fourth-order valence-corrected chi connectivity index (χ4v) is 2.93. The number of carbonyl (C=O) groups excluding carboxylic acids is 2. The van der Waals surface area contributed by atoms with Crippen molar-refractivity contribution >= 4 is 17.5 Å². The van der Waals surface area contributed by atoms with Crippen molar-refractivity contribution in [2.75, 3.05) is 4.90 Å². The molecule has 1 unspecified atom stereocenters. The van der Waals surface area contributed by atoms with Gasteiger partial charge in [0.25, 0.3) is 11.8 Å². The molecule has 0 aliphatic carbocycles. The second kappa shape index (κ2) is 3.68. The monoisotopic (exact) mass is 265 g/mol. The molecule has 5 heteroatoms. The number of nitrogens with zero attached hydrogens (tertiary/aromatic N) is 2. The summed E-state index contributed by atoms with van der Waals surface area (Å²) in [4.78, 5) is 26.5. The Hall–Kier alpha value is -2.66. The van der Waals surface area contributed by atoms with Crippen LogP contribution in [-0.2, 0) is 0 Å². The van der Waals surface area contributed by atoms with E-state index in [9.17, 15) is 9.59 Å². The first-order valence-electron chi connectivity index (χ1n) is 6.30. The molecular formula is C15H11N3O2. The summed E-state index contributed by atoms with van der Waals surface area (Å²) in [5, 5.41) is 1.13. The lowest BCUT2D eigenvalue weighted by atomic mass is 10.1. The summed E-state index contributed by atoms with van der Waals surface area (Å²) >= 11 is 0. The van der Waals surface area contributed by atoms with Gasteiger partial charge in [-0.3, -0.25) is 14.5 Å². The SMILES string of the molecule is NN1C(=O)c2ccccc2N2C(=O)c3ccccc3C12. The first kappa shape index (κ1) is 11.2. The van der Waals surface area contributed by atoms with Crippen LogP contribution in [0.4, 0.5) is 5.69 Å². The summed E-state index contributed by atoms with van der Waals surface area (Å²) < 4.78 is 0. The normalized spacial score (nSPS) is 19.8. The molecule has 0 radical (unpaired) electrons. The van der Waals surface area contributed by atoms with Crippen LogP contribution in [0, 0.1) is 0 Å². The van der Waals surface area contributed by atoms with Crippen LogP contribution in [0.3, 0.4) is 0 Å². The smallest absolute Gasteiger partial charge is 0.272 e. The Labute approximate surface area is 115 Å². The van der Waals surface area contributed by atoms with Gasteiger partial charge in [0.05, 0.1) is 11.3 Å². The van der Waals surface area contributed by atoms with Crippen molar-refractivity contribution in [3.63, 3.8) is 0 Å². The second-order valence-electron chi connectivity index (χ2n) is 4.87. The Morgan fingerprint density at radius 2 is 1.50 bits per heavy atom. The van der Waals surface area contributed by atoms with E-state index in [-0.39, 0.29) is 11.8 Å². The molecule has 2 amide bonds. The van der Waals surface area contributed by atoms with E-state index in [0.717, 1.165) is 10.6 Å². The highest BCUT2D eigenvalue weighted by atomic mass is 16.2. The minimum absolute atomic E-state index is 0.124.